The molecule has 4 nitrogen and oxygen atoms in total. The van der Waals surface area contributed by atoms with Crippen molar-refractivity contribution in [3.8, 4) is 5.75 Å². The molecule has 136 valence electrons. The SMILES string of the molecule is CCOc1ccc2nc(N(Cc3ccc(C(C)C)cc3)C(C)=O)sc2c1. The van der Waals surface area contributed by atoms with Gasteiger partial charge in [0, 0.05) is 6.92 Å². The fraction of sp³-hybridized carbons (Fsp3) is 0.333. The molecule has 3 rings (SSSR count). The molecule has 5 heteroatoms. The third-order valence-corrected chi connectivity index (χ3v) is 5.30. The minimum absolute atomic E-state index is 0.0120. The molecule has 0 aliphatic carbocycles. The highest BCUT2D eigenvalue weighted by Gasteiger charge is 2.17. The average Bonchev–Trinajstić information content (AvgIpc) is 3.03. The quantitative estimate of drug-likeness (QED) is 0.587. The topological polar surface area (TPSA) is 42.4 Å². The summed E-state index contributed by atoms with van der Waals surface area (Å²) in [5.41, 5.74) is 3.28. The van der Waals surface area contributed by atoms with E-state index in [-0.39, 0.29) is 5.91 Å². The minimum Gasteiger partial charge on any atom is -0.494 e. The Balaban J connectivity index is 1.87. The van der Waals surface area contributed by atoms with Gasteiger partial charge >= 0.3 is 0 Å². The maximum Gasteiger partial charge on any atom is 0.225 e. The molecule has 1 heterocycles. The predicted molar refractivity (Wildman–Crippen MR) is 108 cm³/mol. The molecule has 0 aliphatic heterocycles. The number of aromatic nitrogens is 1. The van der Waals surface area contributed by atoms with E-state index in [1.807, 2.05) is 25.1 Å². The number of hydrogen-bond donors (Lipinski definition) is 0. The van der Waals surface area contributed by atoms with Gasteiger partial charge in [-0.25, -0.2) is 4.98 Å². The van der Waals surface area contributed by atoms with Crippen molar-refractivity contribution in [2.75, 3.05) is 11.5 Å². The van der Waals surface area contributed by atoms with E-state index >= 15 is 0 Å². The summed E-state index contributed by atoms with van der Waals surface area (Å²) in [7, 11) is 0. The molecule has 26 heavy (non-hydrogen) atoms. The number of thiazole rings is 1. The Morgan fingerprint density at radius 1 is 1.19 bits per heavy atom. The Bertz CT molecular complexity index is 900. The number of amides is 1. The lowest BCUT2D eigenvalue weighted by atomic mass is 10.0. The number of hydrogen-bond acceptors (Lipinski definition) is 4. The first-order valence-electron chi connectivity index (χ1n) is 8.88. The minimum atomic E-state index is -0.0120. The van der Waals surface area contributed by atoms with Gasteiger partial charge in [-0.3, -0.25) is 9.69 Å². The number of ether oxygens (including phenoxy) is 1. The van der Waals surface area contributed by atoms with Crippen LogP contribution in [0.5, 0.6) is 5.75 Å². The van der Waals surface area contributed by atoms with Crippen LogP contribution in [0.1, 0.15) is 44.7 Å². The number of carbonyl (C=O) groups excluding carboxylic acids is 1. The van der Waals surface area contributed by atoms with Gasteiger partial charge in [-0.05, 0) is 42.2 Å². The van der Waals surface area contributed by atoms with E-state index in [1.165, 1.54) is 16.9 Å². The molecule has 0 N–H and O–H groups in total. The second-order valence-corrected chi connectivity index (χ2v) is 7.57. The van der Waals surface area contributed by atoms with E-state index in [1.54, 1.807) is 11.8 Å². The number of benzene rings is 2. The van der Waals surface area contributed by atoms with Crippen LogP contribution >= 0.6 is 11.3 Å². The summed E-state index contributed by atoms with van der Waals surface area (Å²) in [5.74, 6) is 1.31. The molecule has 0 bridgehead atoms. The smallest absolute Gasteiger partial charge is 0.225 e. The zero-order valence-corrected chi connectivity index (χ0v) is 16.5. The summed E-state index contributed by atoms with van der Waals surface area (Å²) < 4.78 is 6.58. The molecular formula is C21H24N2O2S. The Kier molecular flexibility index (Phi) is 5.57. The molecule has 0 unspecified atom stereocenters. The third-order valence-electron chi connectivity index (χ3n) is 4.26. The Morgan fingerprint density at radius 2 is 1.92 bits per heavy atom. The van der Waals surface area contributed by atoms with E-state index in [2.05, 4.69) is 43.1 Å². The van der Waals surface area contributed by atoms with Crippen LogP contribution in [0.3, 0.4) is 0 Å². The lowest BCUT2D eigenvalue weighted by Crippen LogP contribution is -2.27. The van der Waals surface area contributed by atoms with E-state index in [0.717, 1.165) is 21.5 Å². The average molecular weight is 369 g/mol. The van der Waals surface area contributed by atoms with Crippen molar-refractivity contribution in [3.63, 3.8) is 0 Å². The summed E-state index contributed by atoms with van der Waals surface area (Å²) in [6.07, 6.45) is 0. The zero-order valence-electron chi connectivity index (χ0n) is 15.7. The van der Waals surface area contributed by atoms with E-state index < -0.39 is 0 Å². The van der Waals surface area contributed by atoms with Gasteiger partial charge in [0.1, 0.15) is 5.75 Å². The van der Waals surface area contributed by atoms with Crippen LogP contribution in [0.4, 0.5) is 5.13 Å². The second kappa shape index (κ2) is 7.87. The molecule has 1 amide bonds. The molecule has 0 radical (unpaired) electrons. The summed E-state index contributed by atoms with van der Waals surface area (Å²) in [6, 6.07) is 14.3. The molecule has 0 atom stereocenters. The maximum absolute atomic E-state index is 12.2. The molecule has 2 aromatic carbocycles. The summed E-state index contributed by atoms with van der Waals surface area (Å²) in [5, 5.41) is 0.717. The summed E-state index contributed by atoms with van der Waals surface area (Å²) in [6.45, 7) is 9.04. The third kappa shape index (κ3) is 4.05. The van der Waals surface area contributed by atoms with Crippen LogP contribution in [0.2, 0.25) is 0 Å². The van der Waals surface area contributed by atoms with E-state index in [0.29, 0.717) is 24.2 Å². The lowest BCUT2D eigenvalue weighted by molar-refractivity contribution is -0.116. The zero-order chi connectivity index (χ0) is 18.7. The molecule has 1 aromatic heterocycles. The van der Waals surface area contributed by atoms with Crippen LogP contribution in [0, 0.1) is 0 Å². The van der Waals surface area contributed by atoms with Gasteiger partial charge in [-0.1, -0.05) is 49.4 Å². The van der Waals surface area contributed by atoms with Crippen molar-refractivity contribution >= 4 is 32.6 Å². The van der Waals surface area contributed by atoms with E-state index in [4.69, 9.17) is 4.74 Å². The monoisotopic (exact) mass is 368 g/mol. The highest BCUT2D eigenvalue weighted by atomic mass is 32.1. The van der Waals surface area contributed by atoms with Crippen molar-refractivity contribution in [1.29, 1.82) is 0 Å². The van der Waals surface area contributed by atoms with Gasteiger partial charge in [-0.15, -0.1) is 0 Å². The van der Waals surface area contributed by atoms with Crippen LogP contribution < -0.4 is 9.64 Å². The first kappa shape index (κ1) is 18.4. The number of fused-ring (bicyclic) bond motifs is 1. The molecule has 3 aromatic rings. The molecular weight excluding hydrogens is 344 g/mol. The van der Waals surface area contributed by atoms with Crippen molar-refractivity contribution < 1.29 is 9.53 Å². The molecule has 0 spiro atoms. The van der Waals surface area contributed by atoms with Gasteiger partial charge in [-0.2, -0.15) is 0 Å². The first-order valence-corrected chi connectivity index (χ1v) is 9.70. The highest BCUT2D eigenvalue weighted by Crippen LogP contribution is 2.32. The number of rotatable bonds is 6. The lowest BCUT2D eigenvalue weighted by Gasteiger charge is -2.18. The van der Waals surface area contributed by atoms with Crippen LogP contribution in [0.25, 0.3) is 10.2 Å². The van der Waals surface area contributed by atoms with Gasteiger partial charge in [0.15, 0.2) is 5.13 Å². The van der Waals surface area contributed by atoms with Crippen molar-refractivity contribution in [1.82, 2.24) is 4.98 Å². The Labute approximate surface area is 158 Å². The standard InChI is InChI=1S/C21H24N2O2S/c1-5-25-18-10-11-19-20(12-18)26-21(22-19)23(15(4)24)13-16-6-8-17(9-7-16)14(2)3/h6-12,14H,5,13H2,1-4H3. The van der Waals surface area contributed by atoms with Crippen LogP contribution in [-0.4, -0.2) is 17.5 Å². The van der Waals surface area contributed by atoms with Crippen molar-refractivity contribution in [3.05, 3.63) is 53.6 Å². The summed E-state index contributed by atoms with van der Waals surface area (Å²) >= 11 is 1.52. The molecule has 0 fully saturated rings. The molecule has 0 saturated heterocycles. The second-order valence-electron chi connectivity index (χ2n) is 6.56. The predicted octanol–water partition coefficient (Wildman–Crippen LogP) is 5.37. The van der Waals surface area contributed by atoms with Crippen LogP contribution in [0.15, 0.2) is 42.5 Å². The fourth-order valence-electron chi connectivity index (χ4n) is 2.77. The van der Waals surface area contributed by atoms with Gasteiger partial charge in [0.05, 0.1) is 23.4 Å². The number of nitrogens with zero attached hydrogens (tertiary/aromatic N) is 2. The normalized spacial score (nSPS) is 11.1. The van der Waals surface area contributed by atoms with Gasteiger partial charge in [0.2, 0.25) is 5.91 Å². The largest absolute Gasteiger partial charge is 0.494 e. The summed E-state index contributed by atoms with van der Waals surface area (Å²) in [4.78, 5) is 18.6. The highest BCUT2D eigenvalue weighted by molar-refractivity contribution is 7.22. The van der Waals surface area contributed by atoms with Crippen LogP contribution in [-0.2, 0) is 11.3 Å². The first-order chi connectivity index (χ1) is 12.5. The Morgan fingerprint density at radius 3 is 2.54 bits per heavy atom. The van der Waals surface area contributed by atoms with Crippen molar-refractivity contribution in [2.45, 2.75) is 40.2 Å². The molecule has 0 saturated carbocycles. The number of anilines is 1. The van der Waals surface area contributed by atoms with Gasteiger partial charge < -0.3 is 4.74 Å². The van der Waals surface area contributed by atoms with E-state index in [9.17, 15) is 4.79 Å². The number of carbonyl (C=O) groups is 1. The maximum atomic E-state index is 12.2. The van der Waals surface area contributed by atoms with Gasteiger partial charge in [0.25, 0.3) is 0 Å². The molecule has 0 aliphatic rings. The Hall–Kier alpha value is -2.40. The fourth-order valence-corrected chi connectivity index (χ4v) is 3.81. The van der Waals surface area contributed by atoms with Crippen molar-refractivity contribution in [2.24, 2.45) is 0 Å².